The standard InChI is InChI=1S/C17H18ClNO2/c1-13(21-16-8-3-2-4-9-16)17(20)19-11-10-14-6-5-7-15(18)12-14/h2-9,12-13H,10-11H2,1H3,(H,19,20). The summed E-state index contributed by atoms with van der Waals surface area (Å²) in [5.74, 6) is 0.566. The number of ether oxygens (including phenoxy) is 1. The monoisotopic (exact) mass is 303 g/mol. The quantitative estimate of drug-likeness (QED) is 0.887. The van der Waals surface area contributed by atoms with Gasteiger partial charge in [-0.15, -0.1) is 0 Å². The predicted molar refractivity (Wildman–Crippen MR) is 84.7 cm³/mol. The Kier molecular flexibility index (Phi) is 5.64. The Hall–Kier alpha value is -2.00. The summed E-state index contributed by atoms with van der Waals surface area (Å²) in [5, 5.41) is 3.57. The van der Waals surface area contributed by atoms with Gasteiger partial charge < -0.3 is 10.1 Å². The smallest absolute Gasteiger partial charge is 0.260 e. The minimum atomic E-state index is -0.522. The average Bonchev–Trinajstić information content (AvgIpc) is 2.48. The van der Waals surface area contributed by atoms with Crippen LogP contribution in [0.2, 0.25) is 5.02 Å². The first-order valence-electron chi connectivity index (χ1n) is 6.89. The molecule has 1 atom stereocenters. The van der Waals surface area contributed by atoms with E-state index in [1.165, 1.54) is 0 Å². The molecule has 2 rings (SSSR count). The molecular weight excluding hydrogens is 286 g/mol. The molecule has 0 saturated heterocycles. The molecule has 0 fully saturated rings. The van der Waals surface area contributed by atoms with Crippen molar-refractivity contribution in [1.29, 1.82) is 0 Å². The Morgan fingerprint density at radius 2 is 1.95 bits per heavy atom. The van der Waals surface area contributed by atoms with E-state index in [2.05, 4.69) is 5.32 Å². The average molecular weight is 304 g/mol. The third kappa shape index (κ3) is 5.12. The highest BCUT2D eigenvalue weighted by molar-refractivity contribution is 6.30. The fraction of sp³-hybridized carbons (Fsp3) is 0.235. The molecule has 0 spiro atoms. The maximum Gasteiger partial charge on any atom is 0.260 e. The van der Waals surface area contributed by atoms with E-state index in [0.717, 1.165) is 12.0 Å². The highest BCUT2D eigenvalue weighted by Crippen LogP contribution is 2.12. The molecule has 1 amide bonds. The van der Waals surface area contributed by atoms with Crippen molar-refractivity contribution in [2.24, 2.45) is 0 Å². The molecule has 4 heteroatoms. The fourth-order valence-electron chi connectivity index (χ4n) is 1.92. The first kappa shape index (κ1) is 15.4. The van der Waals surface area contributed by atoms with Crippen LogP contribution in [-0.4, -0.2) is 18.6 Å². The van der Waals surface area contributed by atoms with Gasteiger partial charge in [0.2, 0.25) is 0 Å². The number of para-hydroxylation sites is 1. The zero-order valence-corrected chi connectivity index (χ0v) is 12.6. The minimum absolute atomic E-state index is 0.124. The van der Waals surface area contributed by atoms with Gasteiger partial charge in [-0.2, -0.15) is 0 Å². The van der Waals surface area contributed by atoms with E-state index in [1.54, 1.807) is 6.92 Å². The summed E-state index contributed by atoms with van der Waals surface area (Å²) in [6, 6.07) is 16.9. The Morgan fingerprint density at radius 1 is 1.19 bits per heavy atom. The van der Waals surface area contributed by atoms with Crippen molar-refractivity contribution >= 4 is 17.5 Å². The zero-order chi connectivity index (χ0) is 15.1. The Bertz CT molecular complexity index is 586. The third-order valence-corrected chi connectivity index (χ3v) is 3.26. The summed E-state index contributed by atoms with van der Waals surface area (Å²) in [6.45, 7) is 2.30. The highest BCUT2D eigenvalue weighted by Gasteiger charge is 2.13. The van der Waals surface area contributed by atoms with Gasteiger partial charge in [0.1, 0.15) is 5.75 Å². The molecule has 3 nitrogen and oxygen atoms in total. The lowest BCUT2D eigenvalue weighted by Crippen LogP contribution is -2.37. The van der Waals surface area contributed by atoms with Crippen molar-refractivity contribution in [2.75, 3.05) is 6.54 Å². The largest absolute Gasteiger partial charge is 0.481 e. The van der Waals surface area contributed by atoms with Crippen molar-refractivity contribution in [3.8, 4) is 5.75 Å². The van der Waals surface area contributed by atoms with Gasteiger partial charge in [0.25, 0.3) is 5.91 Å². The number of nitrogens with one attached hydrogen (secondary N) is 1. The van der Waals surface area contributed by atoms with Crippen LogP contribution in [0, 0.1) is 0 Å². The lowest BCUT2D eigenvalue weighted by molar-refractivity contribution is -0.127. The van der Waals surface area contributed by atoms with Crippen molar-refractivity contribution in [1.82, 2.24) is 5.32 Å². The first-order chi connectivity index (χ1) is 10.1. The predicted octanol–water partition coefficient (Wildman–Crippen LogP) is 3.47. The van der Waals surface area contributed by atoms with Crippen LogP contribution in [-0.2, 0) is 11.2 Å². The number of carbonyl (C=O) groups excluding carboxylic acids is 1. The summed E-state index contributed by atoms with van der Waals surface area (Å²) < 4.78 is 5.56. The van der Waals surface area contributed by atoms with E-state index in [0.29, 0.717) is 17.3 Å². The van der Waals surface area contributed by atoms with Gasteiger partial charge in [0.15, 0.2) is 6.10 Å². The van der Waals surface area contributed by atoms with Gasteiger partial charge in [-0.05, 0) is 43.2 Å². The second-order valence-corrected chi connectivity index (χ2v) is 5.18. The minimum Gasteiger partial charge on any atom is -0.481 e. The molecule has 0 aliphatic rings. The Balaban J connectivity index is 1.76. The van der Waals surface area contributed by atoms with Gasteiger partial charge in [-0.25, -0.2) is 0 Å². The fourth-order valence-corrected chi connectivity index (χ4v) is 2.14. The van der Waals surface area contributed by atoms with E-state index in [-0.39, 0.29) is 5.91 Å². The Labute approximate surface area is 129 Å². The highest BCUT2D eigenvalue weighted by atomic mass is 35.5. The van der Waals surface area contributed by atoms with Crippen molar-refractivity contribution in [2.45, 2.75) is 19.4 Å². The summed E-state index contributed by atoms with van der Waals surface area (Å²) >= 11 is 5.92. The molecule has 2 aromatic carbocycles. The van der Waals surface area contributed by atoms with Gasteiger partial charge in [0.05, 0.1) is 0 Å². The summed E-state index contributed by atoms with van der Waals surface area (Å²) in [4.78, 5) is 11.9. The van der Waals surface area contributed by atoms with Crippen LogP contribution in [0.3, 0.4) is 0 Å². The van der Waals surface area contributed by atoms with Crippen LogP contribution >= 0.6 is 11.6 Å². The zero-order valence-electron chi connectivity index (χ0n) is 11.9. The number of benzene rings is 2. The number of hydrogen-bond donors (Lipinski definition) is 1. The van der Waals surface area contributed by atoms with Crippen LogP contribution < -0.4 is 10.1 Å². The summed E-state index contributed by atoms with van der Waals surface area (Å²) in [7, 11) is 0. The lowest BCUT2D eigenvalue weighted by Gasteiger charge is -2.14. The summed E-state index contributed by atoms with van der Waals surface area (Å²) in [5.41, 5.74) is 1.10. The molecule has 110 valence electrons. The molecular formula is C17H18ClNO2. The SMILES string of the molecule is CC(Oc1ccccc1)C(=O)NCCc1cccc(Cl)c1. The second-order valence-electron chi connectivity index (χ2n) is 4.74. The molecule has 0 aromatic heterocycles. The van der Waals surface area contributed by atoms with Crippen molar-refractivity contribution in [3.05, 3.63) is 65.2 Å². The molecule has 0 bridgehead atoms. The maximum absolute atomic E-state index is 11.9. The van der Waals surface area contributed by atoms with Crippen LogP contribution in [0.5, 0.6) is 5.75 Å². The third-order valence-electron chi connectivity index (χ3n) is 3.03. The van der Waals surface area contributed by atoms with Gasteiger partial charge in [-0.3, -0.25) is 4.79 Å². The number of hydrogen-bond acceptors (Lipinski definition) is 2. The maximum atomic E-state index is 11.9. The second kappa shape index (κ2) is 7.70. The van der Waals surface area contributed by atoms with Crippen LogP contribution in [0.1, 0.15) is 12.5 Å². The molecule has 21 heavy (non-hydrogen) atoms. The van der Waals surface area contributed by atoms with Gasteiger partial charge in [0, 0.05) is 11.6 Å². The summed E-state index contributed by atoms with van der Waals surface area (Å²) in [6.07, 6.45) is 0.219. The van der Waals surface area contributed by atoms with Crippen LogP contribution in [0.25, 0.3) is 0 Å². The van der Waals surface area contributed by atoms with Crippen molar-refractivity contribution in [3.63, 3.8) is 0 Å². The molecule has 1 N–H and O–H groups in total. The van der Waals surface area contributed by atoms with E-state index in [4.69, 9.17) is 16.3 Å². The molecule has 2 aromatic rings. The topological polar surface area (TPSA) is 38.3 Å². The molecule has 0 aliphatic carbocycles. The molecule has 0 heterocycles. The first-order valence-corrected chi connectivity index (χ1v) is 7.27. The molecule has 0 saturated carbocycles. The normalized spacial score (nSPS) is 11.7. The van der Waals surface area contributed by atoms with E-state index >= 15 is 0 Å². The molecule has 0 aliphatic heterocycles. The Morgan fingerprint density at radius 3 is 2.67 bits per heavy atom. The van der Waals surface area contributed by atoms with Gasteiger partial charge in [-0.1, -0.05) is 41.9 Å². The van der Waals surface area contributed by atoms with E-state index in [9.17, 15) is 4.79 Å². The number of amides is 1. The van der Waals surface area contributed by atoms with Gasteiger partial charge >= 0.3 is 0 Å². The van der Waals surface area contributed by atoms with Crippen LogP contribution in [0.15, 0.2) is 54.6 Å². The number of halogens is 1. The molecule has 1 unspecified atom stereocenters. The van der Waals surface area contributed by atoms with E-state index in [1.807, 2.05) is 54.6 Å². The van der Waals surface area contributed by atoms with E-state index < -0.39 is 6.10 Å². The molecule has 0 radical (unpaired) electrons. The van der Waals surface area contributed by atoms with Crippen molar-refractivity contribution < 1.29 is 9.53 Å². The van der Waals surface area contributed by atoms with Crippen LogP contribution in [0.4, 0.5) is 0 Å². The number of carbonyl (C=O) groups is 1. The number of rotatable bonds is 6. The lowest BCUT2D eigenvalue weighted by atomic mass is 10.1.